The first-order chi connectivity index (χ1) is 36.0. The van der Waals surface area contributed by atoms with Crippen molar-refractivity contribution in [3.05, 3.63) is 48.6 Å². The molecule has 0 saturated heterocycles. The van der Waals surface area contributed by atoms with Crippen LogP contribution in [0.1, 0.15) is 309 Å². The highest BCUT2D eigenvalue weighted by molar-refractivity contribution is 7.45. The maximum atomic E-state index is 13.0. The second-order valence-electron chi connectivity index (χ2n) is 23.1. The second-order valence-corrected chi connectivity index (χ2v) is 24.5. The number of rotatable bonds is 59. The molecule has 436 valence electrons. The third-order valence-corrected chi connectivity index (χ3v) is 15.5. The van der Waals surface area contributed by atoms with Gasteiger partial charge in [0, 0.05) is 6.42 Å². The van der Waals surface area contributed by atoms with Crippen LogP contribution < -0.4 is 10.2 Å². The summed E-state index contributed by atoms with van der Waals surface area (Å²) in [6, 6.07) is -0.910. The molecular weight excluding hydrogens is 936 g/mol. The first-order valence-corrected chi connectivity index (χ1v) is 33.5. The molecule has 0 aromatic heterocycles. The number of nitrogens with zero attached hydrogens (tertiary/aromatic N) is 1. The number of phosphoric acid groups is 1. The zero-order valence-corrected chi connectivity index (χ0v) is 50.7. The lowest BCUT2D eigenvalue weighted by Gasteiger charge is -2.29. The van der Waals surface area contributed by atoms with E-state index in [1.807, 2.05) is 27.2 Å². The number of phosphoric ester groups is 1. The van der Waals surface area contributed by atoms with E-state index in [0.29, 0.717) is 17.4 Å². The van der Waals surface area contributed by atoms with Crippen molar-refractivity contribution in [1.82, 2.24) is 5.32 Å². The van der Waals surface area contributed by atoms with Gasteiger partial charge in [-0.25, -0.2) is 0 Å². The van der Waals surface area contributed by atoms with Crippen molar-refractivity contribution >= 4 is 13.7 Å². The number of carbonyl (C=O) groups is 1. The Hall–Kier alpha value is -1.54. The SMILES string of the molecule is CCCCCCCCC/C=C/CC/C=C/CC/C=C/C(O)C(COP(=O)([O-])OCC[N+](C)(C)C)NC(=O)CCCCCCCCCCCCCCCCCCC/C=C\CCCCCCCCCCCCCCCC. The summed E-state index contributed by atoms with van der Waals surface area (Å²) in [4.78, 5) is 25.5. The van der Waals surface area contributed by atoms with Gasteiger partial charge in [-0.05, 0) is 70.6 Å². The quantitative estimate of drug-likeness (QED) is 0.0272. The number of likely N-dealkylation sites (N-methyl/N-ethyl adjacent to an activating group) is 1. The molecule has 3 atom stereocenters. The molecule has 8 nitrogen and oxygen atoms in total. The van der Waals surface area contributed by atoms with E-state index in [1.54, 1.807) is 6.08 Å². The molecule has 0 rings (SSSR count). The number of aliphatic hydroxyl groups excluding tert-OH is 1. The fourth-order valence-corrected chi connectivity index (χ4v) is 10.2. The first kappa shape index (κ1) is 72.5. The minimum atomic E-state index is -4.61. The second kappa shape index (κ2) is 56.2. The van der Waals surface area contributed by atoms with E-state index >= 15 is 0 Å². The van der Waals surface area contributed by atoms with Crippen LogP contribution in [0.15, 0.2) is 48.6 Å². The molecule has 2 N–H and O–H groups in total. The molecule has 9 heteroatoms. The van der Waals surface area contributed by atoms with E-state index in [-0.39, 0.29) is 12.5 Å². The van der Waals surface area contributed by atoms with Crippen molar-refractivity contribution in [2.45, 2.75) is 321 Å². The first-order valence-electron chi connectivity index (χ1n) is 32.0. The summed E-state index contributed by atoms with van der Waals surface area (Å²) < 4.78 is 23.3. The molecule has 0 saturated carbocycles. The van der Waals surface area contributed by atoms with E-state index in [2.05, 4.69) is 55.6 Å². The number of nitrogens with one attached hydrogen (secondary N) is 1. The summed E-state index contributed by atoms with van der Waals surface area (Å²) in [6.45, 7) is 4.65. The minimum Gasteiger partial charge on any atom is -0.756 e. The molecule has 0 aliphatic rings. The summed E-state index contributed by atoms with van der Waals surface area (Å²) in [5, 5.41) is 13.9. The molecule has 0 radical (unpaired) electrons. The highest BCUT2D eigenvalue weighted by Crippen LogP contribution is 2.38. The lowest BCUT2D eigenvalue weighted by Crippen LogP contribution is -2.45. The smallest absolute Gasteiger partial charge is 0.268 e. The van der Waals surface area contributed by atoms with Crippen LogP contribution in [0.25, 0.3) is 0 Å². The van der Waals surface area contributed by atoms with Gasteiger partial charge in [0.05, 0.1) is 39.9 Å². The van der Waals surface area contributed by atoms with Crippen LogP contribution in [-0.4, -0.2) is 68.5 Å². The van der Waals surface area contributed by atoms with Gasteiger partial charge in [0.2, 0.25) is 5.91 Å². The Bertz CT molecular complexity index is 1340. The molecule has 0 aliphatic carbocycles. The monoisotopic (exact) mass is 1060 g/mol. The standard InChI is InChI=1S/C65H125N2O6P/c1-6-8-10-12-14-16-18-20-22-24-25-26-27-28-29-30-31-32-33-34-35-36-37-38-39-40-41-43-45-47-49-51-53-55-57-59-65(69)66-63(62-73-74(70,71)72-61-60-67(3,4)5)64(68)58-56-54-52-50-48-46-44-42-23-21-19-17-15-13-11-9-7-2/h23,30-31,42,48,50,56,58,63-64,68H,6-22,24-29,32-41,43-47,49,51-55,57,59-62H2,1-5H3,(H-,66,69,70,71)/b31-30-,42-23+,50-48+,58-56+. The maximum Gasteiger partial charge on any atom is 0.268 e. The average Bonchev–Trinajstić information content (AvgIpc) is 3.36. The molecule has 1 amide bonds. The molecule has 0 fully saturated rings. The third-order valence-electron chi connectivity index (χ3n) is 14.5. The van der Waals surface area contributed by atoms with Crippen LogP contribution in [0, 0.1) is 0 Å². The summed E-state index contributed by atoms with van der Waals surface area (Å²) in [5.41, 5.74) is 0. The van der Waals surface area contributed by atoms with Crippen molar-refractivity contribution in [1.29, 1.82) is 0 Å². The van der Waals surface area contributed by atoms with Gasteiger partial charge in [-0.15, -0.1) is 0 Å². The van der Waals surface area contributed by atoms with E-state index in [1.165, 1.54) is 244 Å². The molecule has 3 unspecified atom stereocenters. The Labute approximate surface area is 460 Å². The summed E-state index contributed by atoms with van der Waals surface area (Å²) >= 11 is 0. The van der Waals surface area contributed by atoms with E-state index in [9.17, 15) is 19.4 Å². The van der Waals surface area contributed by atoms with Gasteiger partial charge >= 0.3 is 0 Å². The molecule has 0 spiro atoms. The Morgan fingerprint density at radius 1 is 0.459 bits per heavy atom. The number of hydrogen-bond donors (Lipinski definition) is 2. The van der Waals surface area contributed by atoms with Crippen LogP contribution in [0.2, 0.25) is 0 Å². The van der Waals surface area contributed by atoms with E-state index < -0.39 is 26.6 Å². The van der Waals surface area contributed by atoms with Gasteiger partial charge < -0.3 is 28.8 Å². The maximum absolute atomic E-state index is 13.0. The van der Waals surface area contributed by atoms with Crippen molar-refractivity contribution < 1.29 is 32.9 Å². The van der Waals surface area contributed by atoms with Gasteiger partial charge in [0.25, 0.3) is 7.82 Å². The average molecular weight is 1060 g/mol. The number of carbonyl (C=O) groups excluding carboxylic acids is 1. The van der Waals surface area contributed by atoms with Crippen LogP contribution in [0.4, 0.5) is 0 Å². The number of unbranched alkanes of at least 4 members (excludes halogenated alkanes) is 40. The van der Waals surface area contributed by atoms with Crippen LogP contribution in [0.5, 0.6) is 0 Å². The molecule has 0 aromatic carbocycles. The summed E-state index contributed by atoms with van der Waals surface area (Å²) in [7, 11) is 1.24. The zero-order chi connectivity index (χ0) is 54.2. The fourth-order valence-electron chi connectivity index (χ4n) is 9.48. The lowest BCUT2D eigenvalue weighted by molar-refractivity contribution is -0.870. The third kappa shape index (κ3) is 58.1. The van der Waals surface area contributed by atoms with Crippen LogP contribution >= 0.6 is 7.82 Å². The van der Waals surface area contributed by atoms with Crippen molar-refractivity contribution in [2.75, 3.05) is 40.9 Å². The van der Waals surface area contributed by atoms with Gasteiger partial charge in [0.1, 0.15) is 13.2 Å². The van der Waals surface area contributed by atoms with Gasteiger partial charge in [-0.1, -0.05) is 281 Å². The fraction of sp³-hybridized carbons (Fsp3) is 0.862. The number of aliphatic hydroxyl groups is 1. The minimum absolute atomic E-state index is 0.00860. The predicted octanol–water partition coefficient (Wildman–Crippen LogP) is 19.2. The molecular formula is C65H125N2O6P. The largest absolute Gasteiger partial charge is 0.756 e. The van der Waals surface area contributed by atoms with Gasteiger partial charge in [-0.3, -0.25) is 9.36 Å². The zero-order valence-electron chi connectivity index (χ0n) is 49.8. The van der Waals surface area contributed by atoms with Crippen LogP contribution in [-0.2, 0) is 18.4 Å². The van der Waals surface area contributed by atoms with Gasteiger partial charge in [0.15, 0.2) is 0 Å². The lowest BCUT2D eigenvalue weighted by atomic mass is 10.0. The molecule has 0 aliphatic heterocycles. The van der Waals surface area contributed by atoms with Crippen molar-refractivity contribution in [3.63, 3.8) is 0 Å². The van der Waals surface area contributed by atoms with Crippen LogP contribution in [0.3, 0.4) is 0 Å². The number of quaternary nitrogens is 1. The Morgan fingerprint density at radius 2 is 0.757 bits per heavy atom. The Balaban J connectivity index is 4.03. The van der Waals surface area contributed by atoms with Crippen molar-refractivity contribution in [2.24, 2.45) is 0 Å². The molecule has 0 aromatic rings. The highest BCUT2D eigenvalue weighted by Gasteiger charge is 2.23. The Kier molecular flexibility index (Phi) is 55.0. The predicted molar refractivity (Wildman–Crippen MR) is 321 cm³/mol. The molecule has 0 heterocycles. The molecule has 74 heavy (non-hydrogen) atoms. The highest BCUT2D eigenvalue weighted by atomic mass is 31.2. The topological polar surface area (TPSA) is 108 Å². The Morgan fingerprint density at radius 3 is 1.09 bits per heavy atom. The summed E-state index contributed by atoms with van der Waals surface area (Å²) in [6.07, 6.45) is 75.2. The van der Waals surface area contributed by atoms with E-state index in [4.69, 9.17) is 9.05 Å². The van der Waals surface area contributed by atoms with E-state index in [0.717, 1.165) is 44.9 Å². The normalized spacial score (nSPS) is 14.1. The van der Waals surface area contributed by atoms with Gasteiger partial charge in [-0.2, -0.15) is 0 Å². The van der Waals surface area contributed by atoms with Crippen molar-refractivity contribution in [3.8, 4) is 0 Å². The summed E-state index contributed by atoms with van der Waals surface area (Å²) in [5.74, 6) is -0.208. The number of allylic oxidation sites excluding steroid dienone is 7. The molecule has 0 bridgehead atoms. The number of amides is 1. The number of hydrogen-bond acceptors (Lipinski definition) is 6.